The van der Waals surface area contributed by atoms with Gasteiger partial charge in [0.1, 0.15) is 4.21 Å². The fourth-order valence-electron chi connectivity index (χ4n) is 1.91. The summed E-state index contributed by atoms with van der Waals surface area (Å²) < 4.78 is 27.7. The molecule has 21 heavy (non-hydrogen) atoms. The van der Waals surface area contributed by atoms with E-state index in [4.69, 9.17) is 0 Å². The van der Waals surface area contributed by atoms with Crippen molar-refractivity contribution in [3.05, 3.63) is 38.9 Å². The second-order valence-electron chi connectivity index (χ2n) is 4.55. The molecule has 116 valence electrons. The summed E-state index contributed by atoms with van der Waals surface area (Å²) in [4.78, 5) is 2.12. The maximum absolute atomic E-state index is 12.3. The van der Waals surface area contributed by atoms with Crippen molar-refractivity contribution in [2.75, 3.05) is 6.54 Å². The van der Waals surface area contributed by atoms with Crippen LogP contribution in [0.1, 0.15) is 29.2 Å². The quantitative estimate of drug-likeness (QED) is 0.774. The minimum atomic E-state index is -3.42. The molecule has 0 atom stereocenters. The predicted octanol–water partition coefficient (Wildman–Crippen LogP) is 2.96. The molecule has 0 fully saturated rings. The van der Waals surface area contributed by atoms with Gasteiger partial charge in [-0.25, -0.2) is 13.1 Å². The Labute approximate surface area is 134 Å². The van der Waals surface area contributed by atoms with E-state index in [1.165, 1.54) is 16.9 Å². The molecule has 0 aliphatic heterocycles. The van der Waals surface area contributed by atoms with Crippen LogP contribution in [-0.2, 0) is 29.5 Å². The summed E-state index contributed by atoms with van der Waals surface area (Å²) in [5.41, 5.74) is 1.21. The monoisotopic (exact) mass is 344 g/mol. The Bertz CT molecular complexity index is 674. The van der Waals surface area contributed by atoms with Gasteiger partial charge in [-0.15, -0.1) is 22.7 Å². The molecular formula is C14H20N2O2S3. The van der Waals surface area contributed by atoms with Crippen molar-refractivity contribution in [1.29, 1.82) is 0 Å². The zero-order valence-corrected chi connectivity index (χ0v) is 14.6. The lowest BCUT2D eigenvalue weighted by Crippen LogP contribution is -2.22. The number of hydrogen-bond acceptors (Lipinski definition) is 5. The summed E-state index contributed by atoms with van der Waals surface area (Å²) in [5.74, 6) is 0. The van der Waals surface area contributed by atoms with Gasteiger partial charge in [0.2, 0.25) is 10.0 Å². The van der Waals surface area contributed by atoms with E-state index in [0.717, 1.165) is 22.7 Å². The minimum Gasteiger partial charge on any atom is -0.312 e. The molecule has 0 aliphatic carbocycles. The van der Waals surface area contributed by atoms with E-state index in [2.05, 4.69) is 17.0 Å². The molecule has 2 heterocycles. The molecule has 0 unspecified atom stereocenters. The van der Waals surface area contributed by atoms with Crippen molar-refractivity contribution in [3.8, 4) is 0 Å². The molecule has 0 radical (unpaired) electrons. The predicted molar refractivity (Wildman–Crippen MR) is 89.4 cm³/mol. The summed E-state index contributed by atoms with van der Waals surface area (Å²) in [6.07, 6.45) is 0.923. The van der Waals surface area contributed by atoms with Gasteiger partial charge in [0.15, 0.2) is 0 Å². The maximum Gasteiger partial charge on any atom is 0.250 e. The standard InChI is InChI=1S/C14H20N2O2S3/c1-3-11-7-8-19-13(11)10-16-21(17,18)14-6-5-12(20-14)9-15-4-2/h5-8,15-16H,3-4,9-10H2,1-2H3. The summed E-state index contributed by atoms with van der Waals surface area (Å²) >= 11 is 2.91. The highest BCUT2D eigenvalue weighted by atomic mass is 32.2. The fourth-order valence-corrected chi connectivity index (χ4v) is 5.29. The summed E-state index contributed by atoms with van der Waals surface area (Å²) in [6.45, 7) is 6.05. The SMILES string of the molecule is CCNCc1ccc(S(=O)(=O)NCc2sccc2CC)s1. The fraction of sp³-hybridized carbons (Fsp3) is 0.429. The first-order valence-corrected chi connectivity index (χ1v) is 10.1. The molecule has 0 bridgehead atoms. The largest absolute Gasteiger partial charge is 0.312 e. The molecule has 0 saturated heterocycles. The zero-order chi connectivity index (χ0) is 15.3. The third-order valence-corrected chi connectivity index (χ3v) is 7.03. The molecule has 2 rings (SSSR count). The van der Waals surface area contributed by atoms with Crippen LogP contribution in [-0.4, -0.2) is 15.0 Å². The van der Waals surface area contributed by atoms with E-state index in [9.17, 15) is 8.42 Å². The Morgan fingerprint density at radius 2 is 1.95 bits per heavy atom. The number of thiophene rings is 2. The molecule has 2 aromatic rings. The molecule has 2 N–H and O–H groups in total. The molecule has 0 aromatic carbocycles. The van der Waals surface area contributed by atoms with Crippen LogP contribution in [0.3, 0.4) is 0 Å². The second kappa shape index (κ2) is 7.51. The Morgan fingerprint density at radius 1 is 1.14 bits per heavy atom. The van der Waals surface area contributed by atoms with Gasteiger partial charge in [-0.3, -0.25) is 0 Å². The Morgan fingerprint density at radius 3 is 2.67 bits per heavy atom. The van der Waals surface area contributed by atoms with Crippen LogP contribution in [0, 0.1) is 0 Å². The van der Waals surface area contributed by atoms with Crippen LogP contribution < -0.4 is 10.0 Å². The van der Waals surface area contributed by atoms with Gasteiger partial charge in [0.25, 0.3) is 0 Å². The van der Waals surface area contributed by atoms with Crippen molar-refractivity contribution in [1.82, 2.24) is 10.0 Å². The lowest BCUT2D eigenvalue weighted by atomic mass is 10.2. The molecule has 2 aromatic heterocycles. The highest BCUT2D eigenvalue weighted by Crippen LogP contribution is 2.23. The van der Waals surface area contributed by atoms with Gasteiger partial charge in [0, 0.05) is 22.8 Å². The van der Waals surface area contributed by atoms with Crippen LogP contribution in [0.5, 0.6) is 0 Å². The van der Waals surface area contributed by atoms with Gasteiger partial charge in [0.05, 0.1) is 0 Å². The van der Waals surface area contributed by atoms with E-state index in [0.29, 0.717) is 17.3 Å². The van der Waals surface area contributed by atoms with Gasteiger partial charge in [-0.1, -0.05) is 13.8 Å². The molecule has 0 aliphatic rings. The maximum atomic E-state index is 12.3. The van der Waals surface area contributed by atoms with Crippen LogP contribution in [0.25, 0.3) is 0 Å². The second-order valence-corrected chi connectivity index (χ2v) is 8.71. The van der Waals surface area contributed by atoms with E-state index in [1.807, 2.05) is 24.4 Å². The van der Waals surface area contributed by atoms with Gasteiger partial charge in [-0.05, 0) is 42.1 Å². The minimum absolute atomic E-state index is 0.365. The molecule has 0 amide bonds. The van der Waals surface area contributed by atoms with E-state index in [1.54, 1.807) is 17.4 Å². The van der Waals surface area contributed by atoms with Crippen molar-refractivity contribution in [2.24, 2.45) is 0 Å². The van der Waals surface area contributed by atoms with Crippen molar-refractivity contribution in [3.63, 3.8) is 0 Å². The highest BCUT2D eigenvalue weighted by molar-refractivity contribution is 7.91. The molecular weight excluding hydrogens is 324 g/mol. The van der Waals surface area contributed by atoms with E-state index >= 15 is 0 Å². The van der Waals surface area contributed by atoms with Gasteiger partial charge < -0.3 is 5.32 Å². The smallest absolute Gasteiger partial charge is 0.250 e. The van der Waals surface area contributed by atoms with Gasteiger partial charge in [-0.2, -0.15) is 0 Å². The van der Waals surface area contributed by atoms with Crippen molar-refractivity contribution >= 4 is 32.7 Å². The molecule has 4 nitrogen and oxygen atoms in total. The molecule has 0 saturated carbocycles. The third kappa shape index (κ3) is 4.37. The van der Waals surface area contributed by atoms with E-state index < -0.39 is 10.0 Å². The number of aryl methyl sites for hydroxylation is 1. The van der Waals surface area contributed by atoms with Crippen LogP contribution in [0.15, 0.2) is 27.8 Å². The summed E-state index contributed by atoms with van der Waals surface area (Å²) in [5, 5.41) is 5.20. The number of nitrogens with one attached hydrogen (secondary N) is 2. The topological polar surface area (TPSA) is 58.2 Å². The van der Waals surface area contributed by atoms with Crippen molar-refractivity contribution in [2.45, 2.75) is 37.6 Å². The summed E-state index contributed by atoms with van der Waals surface area (Å²) in [7, 11) is -3.42. The number of hydrogen-bond donors (Lipinski definition) is 2. The third-order valence-electron chi connectivity index (χ3n) is 3.09. The number of sulfonamides is 1. The average Bonchev–Trinajstić information content (AvgIpc) is 3.12. The first kappa shape index (κ1) is 16.6. The first-order valence-electron chi connectivity index (χ1n) is 6.91. The molecule has 7 heteroatoms. The van der Waals surface area contributed by atoms with Crippen LogP contribution in [0.2, 0.25) is 0 Å². The number of rotatable bonds is 8. The highest BCUT2D eigenvalue weighted by Gasteiger charge is 2.17. The summed E-state index contributed by atoms with van der Waals surface area (Å²) in [6, 6.07) is 5.59. The lowest BCUT2D eigenvalue weighted by Gasteiger charge is -2.05. The van der Waals surface area contributed by atoms with Crippen LogP contribution in [0.4, 0.5) is 0 Å². The average molecular weight is 345 g/mol. The Kier molecular flexibility index (Phi) is 5.95. The Hall–Kier alpha value is -0.730. The molecule has 0 spiro atoms. The first-order chi connectivity index (χ1) is 10.1. The van der Waals surface area contributed by atoms with E-state index in [-0.39, 0.29) is 0 Å². The van der Waals surface area contributed by atoms with Crippen LogP contribution >= 0.6 is 22.7 Å². The zero-order valence-electron chi connectivity index (χ0n) is 12.2. The normalized spacial score (nSPS) is 11.9. The van der Waals surface area contributed by atoms with Crippen molar-refractivity contribution < 1.29 is 8.42 Å². The van der Waals surface area contributed by atoms with Gasteiger partial charge >= 0.3 is 0 Å². The lowest BCUT2D eigenvalue weighted by molar-refractivity contribution is 0.584. The Balaban J connectivity index is 2.03.